The summed E-state index contributed by atoms with van der Waals surface area (Å²) in [7, 11) is -3.00. The molecule has 1 aromatic rings. The molecule has 1 aromatic carbocycles. The lowest BCUT2D eigenvalue weighted by Gasteiger charge is -2.19. The molecule has 114 valence electrons. The molecule has 1 atom stereocenters. The van der Waals surface area contributed by atoms with Gasteiger partial charge in [0.2, 0.25) is 0 Å². The molecule has 0 bridgehead atoms. The van der Waals surface area contributed by atoms with Crippen molar-refractivity contribution in [1.82, 2.24) is 5.32 Å². The van der Waals surface area contributed by atoms with Crippen LogP contribution in [-0.2, 0) is 9.84 Å². The molecule has 0 heterocycles. The highest BCUT2D eigenvalue weighted by Gasteiger charge is 2.14. The summed E-state index contributed by atoms with van der Waals surface area (Å²) < 4.78 is 48.5. The molecule has 3 nitrogen and oxygen atoms in total. The second-order valence-corrected chi connectivity index (χ2v) is 7.21. The van der Waals surface area contributed by atoms with Crippen LogP contribution in [-0.4, -0.2) is 27.0 Å². The van der Waals surface area contributed by atoms with Gasteiger partial charge in [-0.25, -0.2) is 17.2 Å². The van der Waals surface area contributed by atoms with Crippen molar-refractivity contribution < 1.29 is 17.2 Å². The van der Waals surface area contributed by atoms with Gasteiger partial charge >= 0.3 is 0 Å². The zero-order valence-corrected chi connectivity index (χ0v) is 12.6. The summed E-state index contributed by atoms with van der Waals surface area (Å²) in [6.45, 7) is 2.74. The number of rotatable bonds is 8. The summed E-state index contributed by atoms with van der Waals surface area (Å²) in [5.41, 5.74) is 0.644. The van der Waals surface area contributed by atoms with E-state index in [9.17, 15) is 17.2 Å². The largest absolute Gasteiger partial charge is 0.310 e. The summed E-state index contributed by atoms with van der Waals surface area (Å²) >= 11 is 0. The monoisotopic (exact) mass is 305 g/mol. The van der Waals surface area contributed by atoms with Gasteiger partial charge in [-0.1, -0.05) is 13.0 Å². The number of halogens is 2. The second kappa shape index (κ2) is 7.69. The van der Waals surface area contributed by atoms with E-state index in [0.29, 0.717) is 18.4 Å². The summed E-state index contributed by atoms with van der Waals surface area (Å²) in [4.78, 5) is 0. The van der Waals surface area contributed by atoms with Crippen molar-refractivity contribution in [2.24, 2.45) is 0 Å². The van der Waals surface area contributed by atoms with E-state index in [-0.39, 0.29) is 11.8 Å². The van der Waals surface area contributed by atoms with E-state index in [1.54, 1.807) is 0 Å². The zero-order chi connectivity index (χ0) is 15.2. The fourth-order valence-electron chi connectivity index (χ4n) is 1.98. The first-order valence-electron chi connectivity index (χ1n) is 6.69. The van der Waals surface area contributed by atoms with Crippen LogP contribution in [0.5, 0.6) is 0 Å². The lowest BCUT2D eigenvalue weighted by atomic mass is 10.0. The van der Waals surface area contributed by atoms with Gasteiger partial charge in [0.1, 0.15) is 9.84 Å². The van der Waals surface area contributed by atoms with E-state index < -0.39 is 21.5 Å². The van der Waals surface area contributed by atoms with Crippen molar-refractivity contribution in [3.63, 3.8) is 0 Å². The van der Waals surface area contributed by atoms with E-state index in [1.165, 1.54) is 18.4 Å². The standard InChI is InChI=1S/C14H21F2NO2S/c1-3-8-17-14(5-4-9-20(2,18)19)11-6-7-12(15)13(16)10-11/h6-7,10,14,17H,3-5,8-9H2,1-2H3. The van der Waals surface area contributed by atoms with Gasteiger partial charge in [-0.05, 0) is 43.5 Å². The lowest BCUT2D eigenvalue weighted by Crippen LogP contribution is -2.23. The molecule has 0 saturated carbocycles. The van der Waals surface area contributed by atoms with Gasteiger partial charge in [0, 0.05) is 18.1 Å². The summed E-state index contributed by atoms with van der Waals surface area (Å²) in [6.07, 6.45) is 3.16. The number of hydrogen-bond acceptors (Lipinski definition) is 3. The Morgan fingerprint density at radius 1 is 1.25 bits per heavy atom. The number of benzene rings is 1. The Morgan fingerprint density at radius 3 is 2.50 bits per heavy atom. The van der Waals surface area contributed by atoms with Crippen LogP contribution in [0.25, 0.3) is 0 Å². The molecule has 0 aliphatic rings. The maximum Gasteiger partial charge on any atom is 0.159 e. The molecule has 0 spiro atoms. The van der Waals surface area contributed by atoms with Crippen molar-refractivity contribution >= 4 is 9.84 Å². The van der Waals surface area contributed by atoms with E-state index in [1.807, 2.05) is 6.92 Å². The molecule has 1 unspecified atom stereocenters. The molecule has 0 aromatic heterocycles. The van der Waals surface area contributed by atoms with Gasteiger partial charge in [-0.15, -0.1) is 0 Å². The summed E-state index contributed by atoms with van der Waals surface area (Å²) in [6, 6.07) is 3.64. The van der Waals surface area contributed by atoms with Gasteiger partial charge in [0.25, 0.3) is 0 Å². The van der Waals surface area contributed by atoms with E-state index in [0.717, 1.165) is 19.0 Å². The van der Waals surface area contributed by atoms with Crippen molar-refractivity contribution in [3.8, 4) is 0 Å². The molecule has 0 aliphatic heterocycles. The third-order valence-corrected chi connectivity index (χ3v) is 4.02. The molecule has 0 saturated heterocycles. The van der Waals surface area contributed by atoms with Crippen LogP contribution in [0.15, 0.2) is 18.2 Å². The van der Waals surface area contributed by atoms with Crippen LogP contribution in [0, 0.1) is 11.6 Å². The molecule has 6 heteroatoms. The fraction of sp³-hybridized carbons (Fsp3) is 0.571. The Hall–Kier alpha value is -1.01. The third-order valence-electron chi connectivity index (χ3n) is 2.99. The van der Waals surface area contributed by atoms with Crippen LogP contribution in [0.3, 0.4) is 0 Å². The van der Waals surface area contributed by atoms with Gasteiger partial charge in [-0.2, -0.15) is 0 Å². The summed E-state index contributed by atoms with van der Waals surface area (Å²) in [5.74, 6) is -1.66. The van der Waals surface area contributed by atoms with Crippen molar-refractivity contribution in [2.45, 2.75) is 32.2 Å². The highest BCUT2D eigenvalue weighted by atomic mass is 32.2. The normalized spacial score (nSPS) is 13.4. The predicted molar refractivity (Wildman–Crippen MR) is 76.3 cm³/mol. The Kier molecular flexibility index (Phi) is 6.55. The molecule has 1 rings (SSSR count). The summed E-state index contributed by atoms with van der Waals surface area (Å²) in [5, 5.41) is 3.23. The molecular weight excluding hydrogens is 284 g/mol. The minimum Gasteiger partial charge on any atom is -0.310 e. The third kappa shape index (κ3) is 5.96. The van der Waals surface area contributed by atoms with Crippen LogP contribution in [0.1, 0.15) is 37.8 Å². The first-order chi connectivity index (χ1) is 9.33. The van der Waals surface area contributed by atoms with Crippen molar-refractivity contribution in [2.75, 3.05) is 18.6 Å². The molecule has 0 radical (unpaired) electrons. The molecule has 20 heavy (non-hydrogen) atoms. The minimum absolute atomic E-state index is 0.0982. The quantitative estimate of drug-likeness (QED) is 0.803. The molecule has 0 aliphatic carbocycles. The van der Waals surface area contributed by atoms with Crippen LogP contribution in [0.4, 0.5) is 8.78 Å². The zero-order valence-electron chi connectivity index (χ0n) is 11.8. The Balaban J connectivity index is 2.74. The molecule has 0 amide bonds. The number of sulfone groups is 1. The lowest BCUT2D eigenvalue weighted by molar-refractivity contribution is 0.477. The van der Waals surface area contributed by atoms with Crippen molar-refractivity contribution in [3.05, 3.63) is 35.4 Å². The van der Waals surface area contributed by atoms with E-state index in [4.69, 9.17) is 0 Å². The second-order valence-electron chi connectivity index (χ2n) is 4.95. The Labute approximate surface area is 119 Å². The smallest absolute Gasteiger partial charge is 0.159 e. The maximum atomic E-state index is 13.3. The Morgan fingerprint density at radius 2 is 1.95 bits per heavy atom. The van der Waals surface area contributed by atoms with Crippen LogP contribution in [0.2, 0.25) is 0 Å². The van der Waals surface area contributed by atoms with Gasteiger partial charge in [-0.3, -0.25) is 0 Å². The predicted octanol–water partition coefficient (Wildman–Crippen LogP) is 2.83. The topological polar surface area (TPSA) is 46.2 Å². The molecule has 0 fully saturated rings. The first-order valence-corrected chi connectivity index (χ1v) is 8.75. The Bertz CT molecular complexity index is 532. The van der Waals surface area contributed by atoms with E-state index in [2.05, 4.69) is 5.32 Å². The van der Waals surface area contributed by atoms with Crippen LogP contribution < -0.4 is 5.32 Å². The molecular formula is C14H21F2NO2S. The van der Waals surface area contributed by atoms with Crippen LogP contribution >= 0.6 is 0 Å². The van der Waals surface area contributed by atoms with E-state index >= 15 is 0 Å². The number of hydrogen-bond donors (Lipinski definition) is 1. The van der Waals surface area contributed by atoms with Gasteiger partial charge in [0.15, 0.2) is 11.6 Å². The number of nitrogens with one attached hydrogen (secondary N) is 1. The van der Waals surface area contributed by atoms with Gasteiger partial charge in [0.05, 0.1) is 0 Å². The molecule has 1 N–H and O–H groups in total. The van der Waals surface area contributed by atoms with Gasteiger partial charge < -0.3 is 5.32 Å². The highest BCUT2D eigenvalue weighted by molar-refractivity contribution is 7.90. The van der Waals surface area contributed by atoms with Crippen molar-refractivity contribution in [1.29, 1.82) is 0 Å². The first kappa shape index (κ1) is 17.0. The highest BCUT2D eigenvalue weighted by Crippen LogP contribution is 2.21. The average Bonchev–Trinajstić information content (AvgIpc) is 2.35. The average molecular weight is 305 g/mol. The SMILES string of the molecule is CCCNC(CCCS(C)(=O)=O)c1ccc(F)c(F)c1. The minimum atomic E-state index is -3.00. The fourth-order valence-corrected chi connectivity index (χ4v) is 2.67. The maximum absolute atomic E-state index is 13.3.